The number of rotatable bonds is 4. The van der Waals surface area contributed by atoms with Gasteiger partial charge in [-0.1, -0.05) is 18.2 Å². The van der Waals surface area contributed by atoms with Gasteiger partial charge in [0.2, 0.25) is 10.0 Å². The van der Waals surface area contributed by atoms with Gasteiger partial charge in [-0.25, -0.2) is 8.42 Å². The van der Waals surface area contributed by atoms with Crippen LogP contribution in [-0.2, 0) is 15.8 Å². The maximum atomic E-state index is 12.0. The van der Waals surface area contributed by atoms with E-state index in [4.69, 9.17) is 11.0 Å². The molecule has 5 nitrogen and oxygen atoms in total. The van der Waals surface area contributed by atoms with Gasteiger partial charge in [0.25, 0.3) is 0 Å². The largest absolute Gasteiger partial charge is 0.399 e. The minimum atomic E-state index is -3.54. The van der Waals surface area contributed by atoms with E-state index >= 15 is 0 Å². The van der Waals surface area contributed by atoms with Crippen LogP contribution in [0.15, 0.2) is 48.5 Å². The molecule has 0 atom stereocenters. The van der Waals surface area contributed by atoms with Crippen molar-refractivity contribution in [1.82, 2.24) is 0 Å². The van der Waals surface area contributed by atoms with E-state index in [0.717, 1.165) is 0 Å². The Labute approximate surface area is 117 Å². The first-order chi connectivity index (χ1) is 9.48. The lowest BCUT2D eigenvalue weighted by Gasteiger charge is -2.08. The van der Waals surface area contributed by atoms with Gasteiger partial charge < -0.3 is 5.73 Å². The second kappa shape index (κ2) is 5.63. The molecule has 0 aromatic heterocycles. The third-order valence-electron chi connectivity index (χ3n) is 2.57. The second-order valence-electron chi connectivity index (χ2n) is 4.30. The lowest BCUT2D eigenvalue weighted by Crippen LogP contribution is -2.15. The molecule has 0 saturated carbocycles. The van der Waals surface area contributed by atoms with E-state index in [2.05, 4.69) is 4.72 Å². The molecular formula is C14H13N3O2S. The Morgan fingerprint density at radius 2 is 1.90 bits per heavy atom. The number of nitrogen functional groups attached to an aromatic ring is 1. The smallest absolute Gasteiger partial charge is 0.236 e. The van der Waals surface area contributed by atoms with Gasteiger partial charge in [0, 0.05) is 11.4 Å². The standard InChI is InChI=1S/C14H13N3O2S/c15-9-11-3-2-6-14(8-11)17-20(18,19)10-12-4-1-5-13(16)7-12/h1-8,17H,10,16H2. The highest BCUT2D eigenvalue weighted by Gasteiger charge is 2.12. The van der Waals surface area contributed by atoms with Crippen LogP contribution >= 0.6 is 0 Å². The normalized spacial score (nSPS) is 10.8. The minimum absolute atomic E-state index is 0.172. The summed E-state index contributed by atoms with van der Waals surface area (Å²) >= 11 is 0. The molecule has 0 aliphatic heterocycles. The number of nitrogens with one attached hydrogen (secondary N) is 1. The summed E-state index contributed by atoms with van der Waals surface area (Å²) in [6.45, 7) is 0. The molecule has 0 bridgehead atoms. The van der Waals surface area contributed by atoms with E-state index < -0.39 is 10.0 Å². The number of sulfonamides is 1. The van der Waals surface area contributed by atoms with Crippen molar-refractivity contribution in [2.24, 2.45) is 0 Å². The molecule has 0 fully saturated rings. The maximum absolute atomic E-state index is 12.0. The number of nitrogens with zero attached hydrogens (tertiary/aromatic N) is 1. The van der Waals surface area contributed by atoms with Gasteiger partial charge in [0.15, 0.2) is 0 Å². The molecule has 0 unspecified atom stereocenters. The Morgan fingerprint density at radius 1 is 1.15 bits per heavy atom. The fraction of sp³-hybridized carbons (Fsp3) is 0.0714. The first kappa shape index (κ1) is 13.9. The van der Waals surface area contributed by atoms with Gasteiger partial charge in [-0.15, -0.1) is 0 Å². The van der Waals surface area contributed by atoms with E-state index in [9.17, 15) is 8.42 Å². The summed E-state index contributed by atoms with van der Waals surface area (Å²) in [6.07, 6.45) is 0. The summed E-state index contributed by atoms with van der Waals surface area (Å²) < 4.78 is 26.5. The third-order valence-corrected chi connectivity index (χ3v) is 3.83. The van der Waals surface area contributed by atoms with E-state index in [1.54, 1.807) is 42.5 Å². The topological polar surface area (TPSA) is 96.0 Å². The van der Waals surface area contributed by atoms with Crippen molar-refractivity contribution in [3.05, 3.63) is 59.7 Å². The molecule has 0 radical (unpaired) electrons. The molecule has 6 heteroatoms. The fourth-order valence-electron chi connectivity index (χ4n) is 1.77. The summed E-state index contributed by atoms with van der Waals surface area (Å²) in [6, 6.07) is 15.0. The van der Waals surface area contributed by atoms with Crippen LogP contribution in [0.5, 0.6) is 0 Å². The van der Waals surface area contributed by atoms with Gasteiger partial charge in [-0.05, 0) is 35.9 Å². The van der Waals surface area contributed by atoms with Gasteiger partial charge in [-0.2, -0.15) is 5.26 Å². The lowest BCUT2D eigenvalue weighted by atomic mass is 10.2. The molecule has 0 spiro atoms. The molecule has 102 valence electrons. The molecule has 0 saturated heterocycles. The number of hydrogen-bond acceptors (Lipinski definition) is 4. The summed E-state index contributed by atoms with van der Waals surface area (Å²) in [7, 11) is -3.54. The predicted octanol–water partition coefficient (Wildman–Crippen LogP) is 2.08. The maximum Gasteiger partial charge on any atom is 0.236 e. The van der Waals surface area contributed by atoms with Gasteiger partial charge >= 0.3 is 0 Å². The lowest BCUT2D eigenvalue weighted by molar-refractivity contribution is 0.600. The molecule has 0 heterocycles. The number of nitriles is 1. The Bertz CT molecular complexity index is 764. The van der Waals surface area contributed by atoms with Crippen molar-refractivity contribution >= 4 is 21.4 Å². The van der Waals surface area contributed by atoms with Crippen LogP contribution in [0.3, 0.4) is 0 Å². The predicted molar refractivity (Wildman–Crippen MR) is 78.3 cm³/mol. The molecule has 0 amide bonds. The Morgan fingerprint density at radius 3 is 2.60 bits per heavy atom. The summed E-state index contributed by atoms with van der Waals surface area (Å²) in [5, 5.41) is 8.78. The Kier molecular flexibility index (Phi) is 3.91. The van der Waals surface area contributed by atoms with Gasteiger partial charge in [-0.3, -0.25) is 4.72 Å². The monoisotopic (exact) mass is 287 g/mol. The Balaban J connectivity index is 2.17. The highest BCUT2D eigenvalue weighted by atomic mass is 32.2. The second-order valence-corrected chi connectivity index (χ2v) is 6.02. The first-order valence-electron chi connectivity index (χ1n) is 5.83. The van der Waals surface area contributed by atoms with Crippen LogP contribution in [-0.4, -0.2) is 8.42 Å². The van der Waals surface area contributed by atoms with Crippen molar-refractivity contribution in [2.75, 3.05) is 10.5 Å². The molecule has 2 rings (SSSR count). The van der Waals surface area contributed by atoms with Crippen LogP contribution < -0.4 is 10.5 Å². The first-order valence-corrected chi connectivity index (χ1v) is 7.49. The molecular weight excluding hydrogens is 274 g/mol. The molecule has 0 aliphatic rings. The number of nitrogens with two attached hydrogens (primary N) is 1. The Hall–Kier alpha value is -2.52. The zero-order valence-corrected chi connectivity index (χ0v) is 11.4. The molecule has 20 heavy (non-hydrogen) atoms. The number of hydrogen-bond donors (Lipinski definition) is 2. The van der Waals surface area contributed by atoms with Crippen LogP contribution in [0.25, 0.3) is 0 Å². The zero-order chi connectivity index (χ0) is 14.6. The van der Waals surface area contributed by atoms with Gasteiger partial charge in [0.1, 0.15) is 0 Å². The zero-order valence-electron chi connectivity index (χ0n) is 10.6. The van der Waals surface area contributed by atoms with Crippen LogP contribution in [0.2, 0.25) is 0 Å². The molecule has 2 aromatic rings. The van der Waals surface area contributed by atoms with Crippen LogP contribution in [0, 0.1) is 11.3 Å². The molecule has 0 aliphatic carbocycles. The highest BCUT2D eigenvalue weighted by molar-refractivity contribution is 7.91. The fourth-order valence-corrected chi connectivity index (χ4v) is 2.95. The van der Waals surface area contributed by atoms with E-state index in [1.165, 1.54) is 6.07 Å². The highest BCUT2D eigenvalue weighted by Crippen LogP contribution is 2.15. The summed E-state index contributed by atoms with van der Waals surface area (Å²) in [4.78, 5) is 0. The number of anilines is 2. The van der Waals surface area contributed by atoms with E-state index in [-0.39, 0.29) is 5.75 Å². The van der Waals surface area contributed by atoms with Crippen LogP contribution in [0.4, 0.5) is 11.4 Å². The SMILES string of the molecule is N#Cc1cccc(NS(=O)(=O)Cc2cccc(N)c2)c1. The van der Waals surface area contributed by atoms with Crippen molar-refractivity contribution in [1.29, 1.82) is 5.26 Å². The molecule has 2 aromatic carbocycles. The average Bonchev–Trinajstić information content (AvgIpc) is 2.37. The van der Waals surface area contributed by atoms with Crippen LogP contribution in [0.1, 0.15) is 11.1 Å². The summed E-state index contributed by atoms with van der Waals surface area (Å²) in [5.41, 5.74) is 7.51. The van der Waals surface area contributed by atoms with Crippen molar-refractivity contribution in [2.45, 2.75) is 5.75 Å². The average molecular weight is 287 g/mol. The van der Waals surface area contributed by atoms with E-state index in [0.29, 0.717) is 22.5 Å². The van der Waals surface area contributed by atoms with Crippen molar-refractivity contribution < 1.29 is 8.42 Å². The van der Waals surface area contributed by atoms with Gasteiger partial charge in [0.05, 0.1) is 17.4 Å². The number of benzene rings is 2. The quantitative estimate of drug-likeness (QED) is 0.841. The minimum Gasteiger partial charge on any atom is -0.399 e. The van der Waals surface area contributed by atoms with Crippen molar-refractivity contribution in [3.63, 3.8) is 0 Å². The molecule has 3 N–H and O–H groups in total. The van der Waals surface area contributed by atoms with E-state index in [1.807, 2.05) is 6.07 Å². The van der Waals surface area contributed by atoms with Crippen molar-refractivity contribution in [3.8, 4) is 6.07 Å². The third kappa shape index (κ3) is 3.73. The summed E-state index contributed by atoms with van der Waals surface area (Å²) in [5.74, 6) is -0.172.